The van der Waals surface area contributed by atoms with E-state index in [0.29, 0.717) is 11.4 Å². The van der Waals surface area contributed by atoms with E-state index in [1.54, 1.807) is 12.1 Å². The summed E-state index contributed by atoms with van der Waals surface area (Å²) in [5.41, 5.74) is 0.870. The summed E-state index contributed by atoms with van der Waals surface area (Å²) in [6, 6.07) is 11.3. The number of carbonyl (C=O) groups is 2. The Morgan fingerprint density at radius 1 is 0.800 bits per heavy atom. The summed E-state index contributed by atoms with van der Waals surface area (Å²) < 4.78 is 25.1. The molecular formula is C16H14CoF2N2O2S2. The van der Waals surface area contributed by atoms with Crippen LogP contribution in [0.15, 0.2) is 48.5 Å². The van der Waals surface area contributed by atoms with E-state index in [1.807, 2.05) is 0 Å². The van der Waals surface area contributed by atoms with Gasteiger partial charge in [0.15, 0.2) is 11.8 Å². The molecule has 2 aromatic rings. The van der Waals surface area contributed by atoms with Crippen LogP contribution in [0.5, 0.6) is 0 Å². The number of amides is 2. The zero-order valence-electron chi connectivity index (χ0n) is 12.8. The predicted molar refractivity (Wildman–Crippen MR) is 94.5 cm³/mol. The van der Waals surface area contributed by atoms with Crippen molar-refractivity contribution in [3.63, 3.8) is 0 Å². The van der Waals surface area contributed by atoms with E-state index in [-0.39, 0.29) is 51.7 Å². The van der Waals surface area contributed by atoms with Crippen LogP contribution in [-0.2, 0) is 51.6 Å². The van der Waals surface area contributed by atoms with E-state index < -0.39 is 0 Å². The van der Waals surface area contributed by atoms with E-state index in [4.69, 9.17) is 0 Å². The molecule has 0 saturated heterocycles. The molecule has 1 radical (unpaired) electrons. The molecule has 0 aliphatic rings. The smallest absolute Gasteiger partial charge is 0.783 e. The Morgan fingerprint density at radius 2 is 1.16 bits per heavy atom. The first-order valence-corrected chi connectivity index (χ1v) is 7.87. The Hall–Kier alpha value is -1.55. The standard InChI is InChI=1S/2C8H8FNOS.Co/c2*9-6-2-1-3-7(4-6)10-8(11)5-12;/h2*1-4,12H,5H2,(H,10,11);/q;;+2/p-2. The van der Waals surface area contributed by atoms with Crippen LogP contribution in [0.2, 0.25) is 0 Å². The number of hydrogen-bond donors (Lipinski definition) is 2. The Kier molecular flexibility index (Phi) is 12.0. The molecule has 25 heavy (non-hydrogen) atoms. The molecule has 2 N–H and O–H groups in total. The number of carbonyl (C=O) groups excluding carboxylic acids is 2. The van der Waals surface area contributed by atoms with Gasteiger partial charge in [0, 0.05) is 11.4 Å². The Balaban J connectivity index is 0.000000443. The number of rotatable bonds is 4. The van der Waals surface area contributed by atoms with Crippen molar-refractivity contribution in [1.82, 2.24) is 0 Å². The third-order valence-corrected chi connectivity index (χ3v) is 3.00. The molecule has 0 atom stereocenters. The van der Waals surface area contributed by atoms with Gasteiger partial charge in [0.05, 0.1) is 0 Å². The molecule has 9 heteroatoms. The molecule has 0 spiro atoms. The number of halogens is 2. The average molecular weight is 427 g/mol. The normalized spacial score (nSPS) is 9.12. The van der Waals surface area contributed by atoms with Crippen molar-refractivity contribution in [2.45, 2.75) is 0 Å². The monoisotopic (exact) mass is 427 g/mol. The molecular weight excluding hydrogens is 413 g/mol. The fourth-order valence-electron chi connectivity index (χ4n) is 1.53. The largest absolute Gasteiger partial charge is 2.00 e. The van der Waals surface area contributed by atoms with E-state index in [9.17, 15) is 18.4 Å². The van der Waals surface area contributed by atoms with Crippen LogP contribution in [0, 0.1) is 11.6 Å². The summed E-state index contributed by atoms with van der Waals surface area (Å²) in [6.45, 7) is 0. The molecule has 0 unspecified atom stereocenters. The van der Waals surface area contributed by atoms with Crippen LogP contribution in [-0.4, -0.2) is 23.3 Å². The van der Waals surface area contributed by atoms with Gasteiger partial charge in [0.2, 0.25) is 0 Å². The van der Waals surface area contributed by atoms with Gasteiger partial charge < -0.3 is 35.9 Å². The first kappa shape index (κ1) is 23.4. The van der Waals surface area contributed by atoms with Crippen molar-refractivity contribution >= 4 is 48.4 Å². The van der Waals surface area contributed by atoms with Crippen LogP contribution in [0.3, 0.4) is 0 Å². The Bertz CT molecular complexity index is 646. The van der Waals surface area contributed by atoms with Gasteiger partial charge in [0.1, 0.15) is 11.6 Å². The van der Waals surface area contributed by atoms with Gasteiger partial charge in [-0.25, -0.2) is 8.78 Å². The van der Waals surface area contributed by atoms with Crippen molar-refractivity contribution < 1.29 is 35.1 Å². The molecule has 0 saturated carbocycles. The molecule has 2 aromatic carbocycles. The molecule has 0 aliphatic heterocycles. The zero-order valence-corrected chi connectivity index (χ0v) is 15.4. The first-order chi connectivity index (χ1) is 11.4. The number of nitrogens with one attached hydrogen (secondary N) is 2. The maximum atomic E-state index is 12.5. The summed E-state index contributed by atoms with van der Waals surface area (Å²) in [4.78, 5) is 21.5. The third-order valence-electron chi connectivity index (χ3n) is 2.48. The van der Waals surface area contributed by atoms with Crippen molar-refractivity contribution in [2.75, 3.05) is 22.1 Å². The van der Waals surface area contributed by atoms with Gasteiger partial charge >= 0.3 is 16.8 Å². The van der Waals surface area contributed by atoms with Crippen LogP contribution >= 0.6 is 0 Å². The fraction of sp³-hybridized carbons (Fsp3) is 0.125. The molecule has 2 amide bonds. The first-order valence-electron chi connectivity index (χ1n) is 6.71. The van der Waals surface area contributed by atoms with E-state index in [0.717, 1.165) is 0 Å². The number of hydrogen-bond acceptors (Lipinski definition) is 4. The molecule has 0 heterocycles. The molecule has 0 bridgehead atoms. The quantitative estimate of drug-likeness (QED) is 0.737. The topological polar surface area (TPSA) is 58.2 Å². The van der Waals surface area contributed by atoms with Gasteiger partial charge in [-0.15, -0.1) is 0 Å². The summed E-state index contributed by atoms with van der Waals surface area (Å²) >= 11 is 9.00. The Morgan fingerprint density at radius 3 is 1.44 bits per heavy atom. The minimum atomic E-state index is -0.378. The van der Waals surface area contributed by atoms with Crippen LogP contribution < -0.4 is 10.6 Å². The summed E-state index contributed by atoms with van der Waals surface area (Å²) in [5, 5.41) is 4.90. The van der Waals surface area contributed by atoms with Gasteiger partial charge in [-0.2, -0.15) is 0 Å². The maximum Gasteiger partial charge on any atom is 2.00 e. The van der Waals surface area contributed by atoms with Gasteiger partial charge in [-0.3, -0.25) is 9.59 Å². The predicted octanol–water partition coefficient (Wildman–Crippen LogP) is 2.62. The van der Waals surface area contributed by atoms with Crippen LogP contribution in [0.4, 0.5) is 20.2 Å². The van der Waals surface area contributed by atoms with Crippen molar-refractivity contribution in [3.05, 3.63) is 60.2 Å². The third kappa shape index (κ3) is 10.1. The number of anilines is 2. The van der Waals surface area contributed by atoms with E-state index in [2.05, 4.69) is 35.9 Å². The van der Waals surface area contributed by atoms with Crippen molar-refractivity contribution in [3.8, 4) is 0 Å². The molecule has 2 rings (SSSR count). The Labute approximate surface area is 165 Å². The summed E-state index contributed by atoms with van der Waals surface area (Å²) in [5.74, 6) is -1.38. The summed E-state index contributed by atoms with van der Waals surface area (Å²) in [7, 11) is 0. The molecule has 135 valence electrons. The average Bonchev–Trinajstić information content (AvgIpc) is 2.55. The van der Waals surface area contributed by atoms with E-state index >= 15 is 0 Å². The summed E-state index contributed by atoms with van der Waals surface area (Å²) in [6.07, 6.45) is 0. The molecule has 4 nitrogen and oxygen atoms in total. The molecule has 0 fully saturated rings. The van der Waals surface area contributed by atoms with E-state index in [1.165, 1.54) is 36.4 Å². The van der Waals surface area contributed by atoms with Crippen molar-refractivity contribution in [2.24, 2.45) is 0 Å². The second-order valence-corrected chi connectivity index (χ2v) is 4.98. The van der Waals surface area contributed by atoms with Crippen LogP contribution in [0.25, 0.3) is 0 Å². The second-order valence-electron chi connectivity index (χ2n) is 4.41. The van der Waals surface area contributed by atoms with Gasteiger partial charge in [-0.05, 0) is 36.4 Å². The zero-order chi connectivity index (χ0) is 17.9. The minimum absolute atomic E-state index is 0. The second kappa shape index (κ2) is 12.8. The van der Waals surface area contributed by atoms with Gasteiger partial charge in [-0.1, -0.05) is 23.6 Å². The van der Waals surface area contributed by atoms with Gasteiger partial charge in [0.25, 0.3) is 0 Å². The molecule has 0 aliphatic carbocycles. The number of benzene rings is 2. The molecule has 0 aromatic heterocycles. The fourth-order valence-corrected chi connectivity index (χ4v) is 1.67. The minimum Gasteiger partial charge on any atom is -0.783 e. The van der Waals surface area contributed by atoms with Crippen LogP contribution in [0.1, 0.15) is 0 Å². The SMILES string of the molecule is O=C(C[S-])Nc1cccc(F)c1.O=C(C[S-])Nc1cccc(F)c1.[Co+2]. The maximum absolute atomic E-state index is 12.5. The van der Waals surface area contributed by atoms with Crippen molar-refractivity contribution in [1.29, 1.82) is 0 Å².